The number of pyridine rings is 1. The summed E-state index contributed by atoms with van der Waals surface area (Å²) in [7, 11) is 1.46. The van der Waals surface area contributed by atoms with Crippen LogP contribution >= 0.6 is 11.6 Å². The zero-order valence-electron chi connectivity index (χ0n) is 15.1. The van der Waals surface area contributed by atoms with Crippen LogP contribution < -0.4 is 19.7 Å². The largest absolute Gasteiger partial charge is 0.491 e. The van der Waals surface area contributed by atoms with Crippen molar-refractivity contribution in [3.8, 4) is 11.5 Å². The van der Waals surface area contributed by atoms with E-state index in [1.54, 1.807) is 13.0 Å². The summed E-state index contributed by atoms with van der Waals surface area (Å²) >= 11 is 6.22. The van der Waals surface area contributed by atoms with E-state index < -0.39 is 17.8 Å². The molecule has 1 saturated heterocycles. The molecule has 0 bridgehead atoms. The minimum atomic E-state index is -0.832. The Morgan fingerprint density at radius 1 is 1.21 bits per heavy atom. The first kappa shape index (κ1) is 19.4. The van der Waals surface area contributed by atoms with Gasteiger partial charge in [0, 0.05) is 12.4 Å². The van der Waals surface area contributed by atoms with Gasteiger partial charge >= 0.3 is 6.03 Å². The van der Waals surface area contributed by atoms with Crippen molar-refractivity contribution >= 4 is 41.2 Å². The maximum atomic E-state index is 12.8. The van der Waals surface area contributed by atoms with Crippen molar-refractivity contribution in [2.24, 2.45) is 0 Å². The van der Waals surface area contributed by atoms with Crippen LogP contribution in [0.4, 0.5) is 10.5 Å². The Morgan fingerprint density at radius 2 is 1.93 bits per heavy atom. The molecule has 1 aromatic carbocycles. The molecule has 0 atom stereocenters. The van der Waals surface area contributed by atoms with E-state index >= 15 is 0 Å². The molecule has 0 saturated carbocycles. The topological polar surface area (TPSA) is 97.8 Å². The Kier molecular flexibility index (Phi) is 5.60. The zero-order valence-corrected chi connectivity index (χ0v) is 15.8. The van der Waals surface area contributed by atoms with Crippen LogP contribution in [0.5, 0.6) is 11.5 Å². The third-order valence-corrected chi connectivity index (χ3v) is 4.15. The molecule has 144 valence electrons. The molecule has 1 N–H and O–H groups in total. The second kappa shape index (κ2) is 8.10. The number of methoxy groups -OCH3 is 1. The summed E-state index contributed by atoms with van der Waals surface area (Å²) in [5.74, 6) is -0.844. The number of nitrogens with one attached hydrogen (secondary N) is 1. The highest BCUT2D eigenvalue weighted by Crippen LogP contribution is 2.37. The van der Waals surface area contributed by atoms with Crippen molar-refractivity contribution in [2.45, 2.75) is 6.92 Å². The molecule has 1 aliphatic heterocycles. The van der Waals surface area contributed by atoms with Crippen LogP contribution in [0.25, 0.3) is 6.08 Å². The van der Waals surface area contributed by atoms with Crippen LogP contribution in [-0.2, 0) is 9.59 Å². The Labute approximate surface area is 165 Å². The first-order valence-electron chi connectivity index (χ1n) is 8.28. The normalized spacial score (nSPS) is 15.6. The molecule has 1 fully saturated rings. The van der Waals surface area contributed by atoms with E-state index in [1.165, 1.54) is 43.8 Å². The average Bonchev–Trinajstić information content (AvgIpc) is 2.66. The second-order valence-corrected chi connectivity index (χ2v) is 6.04. The maximum Gasteiger partial charge on any atom is 0.335 e. The van der Waals surface area contributed by atoms with E-state index in [-0.39, 0.29) is 10.6 Å². The van der Waals surface area contributed by atoms with Crippen molar-refractivity contribution in [1.29, 1.82) is 0 Å². The summed E-state index contributed by atoms with van der Waals surface area (Å²) in [5.41, 5.74) is 0.510. The van der Waals surface area contributed by atoms with Crippen LogP contribution in [0.3, 0.4) is 0 Å². The quantitative estimate of drug-likeness (QED) is 0.611. The van der Waals surface area contributed by atoms with Crippen LogP contribution in [-0.4, -0.2) is 36.5 Å². The SMILES string of the molecule is CCOc1cc(/C=C2\C(=O)NC(=O)N(c3ccncc3)C2=O)cc(Cl)c1OC. The van der Waals surface area contributed by atoms with Crippen LogP contribution in [0.2, 0.25) is 5.02 Å². The molecular formula is C19H16ClN3O5. The van der Waals surface area contributed by atoms with E-state index in [4.69, 9.17) is 21.1 Å². The Hall–Kier alpha value is -3.39. The van der Waals surface area contributed by atoms with Crippen molar-refractivity contribution < 1.29 is 23.9 Å². The van der Waals surface area contributed by atoms with Gasteiger partial charge in [-0.1, -0.05) is 11.6 Å². The molecule has 3 rings (SSSR count). The molecule has 0 radical (unpaired) electrons. The fourth-order valence-electron chi connectivity index (χ4n) is 2.68. The number of barbiturate groups is 1. The molecule has 2 heterocycles. The Morgan fingerprint density at radius 3 is 2.57 bits per heavy atom. The summed E-state index contributed by atoms with van der Waals surface area (Å²) in [6, 6.07) is 5.27. The van der Waals surface area contributed by atoms with Gasteiger partial charge < -0.3 is 9.47 Å². The summed E-state index contributed by atoms with van der Waals surface area (Å²) in [6.45, 7) is 2.17. The number of anilines is 1. The Balaban J connectivity index is 2.04. The smallest absolute Gasteiger partial charge is 0.335 e. The number of imide groups is 2. The number of benzene rings is 1. The lowest BCUT2D eigenvalue weighted by Crippen LogP contribution is -2.54. The number of nitrogens with zero attached hydrogens (tertiary/aromatic N) is 2. The van der Waals surface area contributed by atoms with Gasteiger partial charge in [0.25, 0.3) is 11.8 Å². The number of halogens is 1. The third kappa shape index (κ3) is 3.67. The molecule has 28 heavy (non-hydrogen) atoms. The minimum Gasteiger partial charge on any atom is -0.491 e. The van der Waals surface area contributed by atoms with Gasteiger partial charge in [-0.2, -0.15) is 0 Å². The van der Waals surface area contributed by atoms with E-state index in [9.17, 15) is 14.4 Å². The number of amides is 4. The predicted molar refractivity (Wildman–Crippen MR) is 102 cm³/mol. The molecular weight excluding hydrogens is 386 g/mol. The molecule has 9 heteroatoms. The van der Waals surface area contributed by atoms with Crippen molar-refractivity contribution in [3.63, 3.8) is 0 Å². The molecule has 1 aliphatic rings. The summed E-state index contributed by atoms with van der Waals surface area (Å²) in [4.78, 5) is 42.0. The predicted octanol–water partition coefficient (Wildman–Crippen LogP) is 2.81. The molecule has 1 aromatic heterocycles. The minimum absolute atomic E-state index is 0.222. The number of ether oxygens (including phenoxy) is 2. The van der Waals surface area contributed by atoms with Gasteiger partial charge in [-0.25, -0.2) is 9.69 Å². The lowest BCUT2D eigenvalue weighted by molar-refractivity contribution is -0.122. The standard InChI is InChI=1S/C19H16ClN3O5/c1-3-28-15-10-11(9-14(20)16(15)27-2)8-13-17(24)22-19(26)23(18(13)25)12-4-6-21-7-5-12/h4-10H,3H2,1-2H3,(H,22,24,26)/b13-8+. The molecule has 0 unspecified atom stereocenters. The van der Waals surface area contributed by atoms with Gasteiger partial charge in [-0.05, 0) is 42.8 Å². The molecule has 4 amide bonds. The fraction of sp³-hybridized carbons (Fsp3) is 0.158. The molecule has 2 aromatic rings. The van der Waals surface area contributed by atoms with Crippen LogP contribution in [0.15, 0.2) is 42.2 Å². The molecule has 0 spiro atoms. The number of rotatable bonds is 5. The number of carbonyl (C=O) groups is 3. The number of hydrogen-bond donors (Lipinski definition) is 1. The van der Waals surface area contributed by atoms with Gasteiger partial charge in [-0.15, -0.1) is 0 Å². The van der Waals surface area contributed by atoms with Gasteiger partial charge in [0.05, 0.1) is 24.4 Å². The maximum absolute atomic E-state index is 12.8. The highest BCUT2D eigenvalue weighted by molar-refractivity contribution is 6.39. The zero-order chi connectivity index (χ0) is 20.3. The third-order valence-electron chi connectivity index (χ3n) is 3.87. The lowest BCUT2D eigenvalue weighted by Gasteiger charge is -2.26. The van der Waals surface area contributed by atoms with E-state index in [1.807, 2.05) is 0 Å². The van der Waals surface area contributed by atoms with Crippen molar-refractivity contribution in [2.75, 3.05) is 18.6 Å². The van der Waals surface area contributed by atoms with Gasteiger partial charge in [0.1, 0.15) is 5.57 Å². The summed E-state index contributed by atoms with van der Waals surface area (Å²) in [6.07, 6.45) is 4.22. The van der Waals surface area contributed by atoms with Crippen LogP contribution in [0, 0.1) is 0 Å². The second-order valence-electron chi connectivity index (χ2n) is 5.63. The Bertz CT molecular complexity index is 975. The van der Waals surface area contributed by atoms with E-state index in [0.29, 0.717) is 29.4 Å². The van der Waals surface area contributed by atoms with Gasteiger partial charge in [-0.3, -0.25) is 19.9 Å². The number of carbonyl (C=O) groups excluding carboxylic acids is 3. The molecule has 8 nitrogen and oxygen atoms in total. The highest BCUT2D eigenvalue weighted by atomic mass is 35.5. The number of aromatic nitrogens is 1. The van der Waals surface area contributed by atoms with E-state index in [0.717, 1.165) is 4.90 Å². The van der Waals surface area contributed by atoms with Crippen molar-refractivity contribution in [3.05, 3.63) is 52.8 Å². The first-order chi connectivity index (χ1) is 13.5. The summed E-state index contributed by atoms with van der Waals surface area (Å²) in [5, 5.41) is 2.41. The average molecular weight is 402 g/mol. The summed E-state index contributed by atoms with van der Waals surface area (Å²) < 4.78 is 10.7. The number of hydrogen-bond acceptors (Lipinski definition) is 6. The molecule has 0 aliphatic carbocycles. The van der Waals surface area contributed by atoms with Gasteiger partial charge in [0.15, 0.2) is 11.5 Å². The fourth-order valence-corrected chi connectivity index (χ4v) is 2.98. The highest BCUT2D eigenvalue weighted by Gasteiger charge is 2.36. The first-order valence-corrected chi connectivity index (χ1v) is 8.65. The van der Waals surface area contributed by atoms with Crippen LogP contribution in [0.1, 0.15) is 12.5 Å². The monoisotopic (exact) mass is 401 g/mol. The van der Waals surface area contributed by atoms with Gasteiger partial charge in [0.2, 0.25) is 0 Å². The van der Waals surface area contributed by atoms with Crippen molar-refractivity contribution in [1.82, 2.24) is 10.3 Å². The number of urea groups is 1. The lowest BCUT2D eigenvalue weighted by atomic mass is 10.1. The van der Waals surface area contributed by atoms with E-state index in [2.05, 4.69) is 10.3 Å².